The number of amides is 1. The maximum Gasteiger partial charge on any atom is 0.249 e. The van der Waals surface area contributed by atoms with E-state index in [2.05, 4.69) is 21.2 Å². The minimum Gasteiger partial charge on any atom is -0.496 e. The Labute approximate surface area is 116 Å². The summed E-state index contributed by atoms with van der Waals surface area (Å²) in [6, 6.07) is 5.63. The smallest absolute Gasteiger partial charge is 0.249 e. The lowest BCUT2D eigenvalue weighted by molar-refractivity contribution is -0.130. The number of benzene rings is 1. The van der Waals surface area contributed by atoms with Crippen LogP contribution < -0.4 is 10.1 Å². The number of nitrogens with one attached hydrogen (secondary N) is 1. The second-order valence-corrected chi connectivity index (χ2v) is 4.86. The zero-order valence-corrected chi connectivity index (χ0v) is 12.6. The van der Waals surface area contributed by atoms with Gasteiger partial charge in [0.1, 0.15) is 11.9 Å². The molecule has 5 heteroatoms. The fraction of sp³-hybridized carbons (Fsp3) is 0.462. The first-order chi connectivity index (χ1) is 8.49. The van der Waals surface area contributed by atoms with Gasteiger partial charge in [-0.15, -0.1) is 0 Å². The molecule has 0 spiro atoms. The van der Waals surface area contributed by atoms with Crippen LogP contribution in [0.15, 0.2) is 22.7 Å². The number of halogens is 1. The molecule has 18 heavy (non-hydrogen) atoms. The van der Waals surface area contributed by atoms with Gasteiger partial charge in [-0.1, -0.05) is 6.07 Å². The summed E-state index contributed by atoms with van der Waals surface area (Å²) >= 11 is 3.42. The number of ether oxygens (including phenoxy) is 2. The molecular formula is C13H18BrNO3. The Hall–Kier alpha value is -1.07. The maximum atomic E-state index is 11.7. The highest BCUT2D eigenvalue weighted by Crippen LogP contribution is 2.27. The molecule has 100 valence electrons. The molecule has 0 saturated carbocycles. The third-order valence-electron chi connectivity index (χ3n) is 2.76. The molecule has 0 aliphatic carbocycles. The van der Waals surface area contributed by atoms with E-state index in [0.29, 0.717) is 0 Å². The second kappa shape index (κ2) is 6.75. The van der Waals surface area contributed by atoms with Gasteiger partial charge < -0.3 is 14.8 Å². The van der Waals surface area contributed by atoms with Crippen molar-refractivity contribution in [1.82, 2.24) is 5.32 Å². The highest BCUT2D eigenvalue weighted by molar-refractivity contribution is 9.10. The highest BCUT2D eigenvalue weighted by Gasteiger charge is 2.16. The third-order valence-corrected chi connectivity index (χ3v) is 3.38. The molecule has 0 saturated heterocycles. The first-order valence-electron chi connectivity index (χ1n) is 5.66. The molecule has 1 N–H and O–H groups in total. The van der Waals surface area contributed by atoms with E-state index >= 15 is 0 Å². The van der Waals surface area contributed by atoms with E-state index in [9.17, 15) is 4.79 Å². The van der Waals surface area contributed by atoms with Crippen molar-refractivity contribution in [2.24, 2.45) is 0 Å². The number of hydrogen-bond donors (Lipinski definition) is 1. The van der Waals surface area contributed by atoms with Crippen LogP contribution in [0.4, 0.5) is 0 Å². The molecule has 0 heterocycles. The first-order valence-corrected chi connectivity index (χ1v) is 6.45. The summed E-state index contributed by atoms with van der Waals surface area (Å²) in [7, 11) is 3.13. The fourth-order valence-corrected chi connectivity index (χ4v) is 2.03. The molecule has 0 aliphatic heterocycles. The Kier molecular flexibility index (Phi) is 5.62. The summed E-state index contributed by atoms with van der Waals surface area (Å²) in [6.07, 6.45) is -0.450. The predicted molar refractivity (Wildman–Crippen MR) is 73.7 cm³/mol. The van der Waals surface area contributed by atoms with Crippen molar-refractivity contribution < 1.29 is 14.3 Å². The summed E-state index contributed by atoms with van der Waals surface area (Å²) in [6.45, 7) is 3.64. The Morgan fingerprint density at radius 1 is 1.33 bits per heavy atom. The van der Waals surface area contributed by atoms with E-state index in [1.54, 1.807) is 14.0 Å². The molecule has 0 bridgehead atoms. The van der Waals surface area contributed by atoms with Crippen molar-refractivity contribution >= 4 is 21.8 Å². The van der Waals surface area contributed by atoms with E-state index < -0.39 is 6.10 Å². The Morgan fingerprint density at radius 3 is 2.50 bits per heavy atom. The molecule has 1 rings (SSSR count). The van der Waals surface area contributed by atoms with Crippen molar-refractivity contribution in [2.45, 2.75) is 26.0 Å². The number of carbonyl (C=O) groups excluding carboxylic acids is 1. The zero-order valence-electron chi connectivity index (χ0n) is 11.0. The largest absolute Gasteiger partial charge is 0.496 e. The van der Waals surface area contributed by atoms with Crippen LogP contribution in [-0.2, 0) is 9.53 Å². The van der Waals surface area contributed by atoms with E-state index in [-0.39, 0.29) is 11.9 Å². The monoisotopic (exact) mass is 315 g/mol. The van der Waals surface area contributed by atoms with E-state index in [1.807, 2.05) is 25.1 Å². The molecule has 0 aromatic heterocycles. The van der Waals surface area contributed by atoms with Gasteiger partial charge >= 0.3 is 0 Å². The topological polar surface area (TPSA) is 47.6 Å². The number of hydrogen-bond acceptors (Lipinski definition) is 3. The van der Waals surface area contributed by atoms with Gasteiger partial charge in [0.05, 0.1) is 17.6 Å². The van der Waals surface area contributed by atoms with Gasteiger partial charge in [0, 0.05) is 7.11 Å². The van der Waals surface area contributed by atoms with Gasteiger partial charge in [-0.2, -0.15) is 0 Å². The summed E-state index contributed by atoms with van der Waals surface area (Å²) in [5, 5.41) is 2.89. The van der Waals surface area contributed by atoms with Crippen LogP contribution in [0.1, 0.15) is 25.5 Å². The molecule has 0 radical (unpaired) electrons. The Bertz CT molecular complexity index is 423. The minimum absolute atomic E-state index is 0.0858. The van der Waals surface area contributed by atoms with Gasteiger partial charge in [0.2, 0.25) is 5.91 Å². The predicted octanol–water partition coefficient (Wildman–Crippen LogP) is 2.67. The molecule has 0 fully saturated rings. The molecule has 1 aromatic rings. The van der Waals surface area contributed by atoms with E-state index in [4.69, 9.17) is 9.47 Å². The van der Waals surface area contributed by atoms with Crippen molar-refractivity contribution in [3.63, 3.8) is 0 Å². The molecule has 1 amide bonds. The Balaban J connectivity index is 2.75. The minimum atomic E-state index is -0.450. The normalized spacial score (nSPS) is 13.8. The standard InChI is InChI=1S/C13H18BrNO3/c1-8(15-13(16)9(2)17-3)10-5-6-12(18-4)11(14)7-10/h5-9H,1-4H3,(H,15,16). The number of rotatable bonds is 5. The van der Waals surface area contributed by atoms with Crippen LogP contribution in [0.3, 0.4) is 0 Å². The first kappa shape index (κ1) is 15.0. The van der Waals surface area contributed by atoms with Gasteiger partial charge in [-0.05, 0) is 47.5 Å². The summed E-state index contributed by atoms with van der Waals surface area (Å²) in [5.41, 5.74) is 0.999. The SMILES string of the molecule is COc1ccc(C(C)NC(=O)C(C)OC)cc1Br. The van der Waals surface area contributed by atoms with Crippen LogP contribution in [0.5, 0.6) is 5.75 Å². The summed E-state index contributed by atoms with van der Waals surface area (Å²) in [4.78, 5) is 11.7. The maximum absolute atomic E-state index is 11.7. The van der Waals surface area contributed by atoms with E-state index in [0.717, 1.165) is 15.8 Å². The highest BCUT2D eigenvalue weighted by atomic mass is 79.9. The van der Waals surface area contributed by atoms with Gasteiger partial charge in [0.25, 0.3) is 0 Å². The molecular weight excluding hydrogens is 298 g/mol. The second-order valence-electron chi connectivity index (χ2n) is 4.00. The van der Waals surface area contributed by atoms with Crippen molar-refractivity contribution in [1.29, 1.82) is 0 Å². The lowest BCUT2D eigenvalue weighted by Crippen LogP contribution is -2.35. The van der Waals surface area contributed by atoms with Crippen LogP contribution >= 0.6 is 15.9 Å². The summed E-state index contributed by atoms with van der Waals surface area (Å²) < 4.78 is 11.0. The number of carbonyl (C=O) groups is 1. The lowest BCUT2D eigenvalue weighted by Gasteiger charge is -2.18. The van der Waals surface area contributed by atoms with Crippen molar-refractivity contribution in [2.75, 3.05) is 14.2 Å². The van der Waals surface area contributed by atoms with Crippen LogP contribution in [0, 0.1) is 0 Å². The lowest BCUT2D eigenvalue weighted by atomic mass is 10.1. The van der Waals surface area contributed by atoms with Crippen LogP contribution in [0.25, 0.3) is 0 Å². The molecule has 4 nitrogen and oxygen atoms in total. The van der Waals surface area contributed by atoms with Gasteiger partial charge in [-0.25, -0.2) is 0 Å². The molecule has 1 aromatic carbocycles. The third kappa shape index (κ3) is 3.71. The van der Waals surface area contributed by atoms with Crippen molar-refractivity contribution in [3.05, 3.63) is 28.2 Å². The van der Waals surface area contributed by atoms with Crippen LogP contribution in [0.2, 0.25) is 0 Å². The zero-order chi connectivity index (χ0) is 13.7. The quantitative estimate of drug-likeness (QED) is 0.908. The van der Waals surface area contributed by atoms with E-state index in [1.165, 1.54) is 7.11 Å². The van der Waals surface area contributed by atoms with Crippen LogP contribution in [-0.4, -0.2) is 26.2 Å². The molecule has 0 aliphatic rings. The van der Waals surface area contributed by atoms with Gasteiger partial charge in [0.15, 0.2) is 0 Å². The number of methoxy groups -OCH3 is 2. The average molecular weight is 316 g/mol. The average Bonchev–Trinajstić information content (AvgIpc) is 2.37. The Morgan fingerprint density at radius 2 is 2.00 bits per heavy atom. The van der Waals surface area contributed by atoms with Crippen molar-refractivity contribution in [3.8, 4) is 5.75 Å². The van der Waals surface area contributed by atoms with Gasteiger partial charge in [-0.3, -0.25) is 4.79 Å². The molecule has 2 atom stereocenters. The summed E-state index contributed by atoms with van der Waals surface area (Å²) in [5.74, 6) is 0.638. The molecule has 2 unspecified atom stereocenters. The fourth-order valence-electron chi connectivity index (χ4n) is 1.47.